The second-order valence-corrected chi connectivity index (χ2v) is 13.1. The van der Waals surface area contributed by atoms with Gasteiger partial charge >= 0.3 is 11.6 Å². The Hall–Kier alpha value is -4.15. The van der Waals surface area contributed by atoms with E-state index in [0.717, 1.165) is 38.3 Å². The molecule has 6 rings (SSSR count). The van der Waals surface area contributed by atoms with Gasteiger partial charge in [-0.1, -0.05) is 42.5 Å². The molecule has 1 unspecified atom stereocenters. The lowest BCUT2D eigenvalue weighted by Gasteiger charge is -2.51. The van der Waals surface area contributed by atoms with E-state index in [2.05, 4.69) is 10.2 Å². The molecule has 2 aliphatic rings. The van der Waals surface area contributed by atoms with Crippen LogP contribution in [0.4, 0.5) is 0 Å². The lowest BCUT2D eigenvalue weighted by molar-refractivity contribution is -0.143. The van der Waals surface area contributed by atoms with Crippen molar-refractivity contribution in [2.24, 2.45) is 0 Å². The summed E-state index contributed by atoms with van der Waals surface area (Å²) in [7, 11) is 1.61. The molecule has 10 heteroatoms. The number of benzene rings is 3. The monoisotopic (exact) mass is 628 g/mol. The van der Waals surface area contributed by atoms with Crippen molar-refractivity contribution in [3.63, 3.8) is 0 Å². The third-order valence-electron chi connectivity index (χ3n) is 7.66. The number of nitrogens with one attached hydrogen (secondary N) is 1. The zero-order chi connectivity index (χ0) is 30.6. The van der Waals surface area contributed by atoms with Crippen LogP contribution in [-0.4, -0.2) is 52.8 Å². The van der Waals surface area contributed by atoms with Crippen LogP contribution in [0.2, 0.25) is 0 Å². The van der Waals surface area contributed by atoms with E-state index in [1.54, 1.807) is 18.9 Å². The molecule has 0 saturated carbocycles. The molecule has 1 fully saturated rings. The molecule has 2 aliphatic heterocycles. The Kier molecular flexibility index (Phi) is 8.99. The average Bonchev–Trinajstić information content (AvgIpc) is 3.02. The van der Waals surface area contributed by atoms with Gasteiger partial charge in [0.05, 0.1) is 24.9 Å². The van der Waals surface area contributed by atoms with Gasteiger partial charge in [-0.15, -0.1) is 23.5 Å². The van der Waals surface area contributed by atoms with Crippen molar-refractivity contribution in [3.05, 3.63) is 118 Å². The molecule has 0 spiro atoms. The minimum Gasteiger partial charge on any atom is -0.497 e. The van der Waals surface area contributed by atoms with Crippen LogP contribution in [0.3, 0.4) is 0 Å². The molecule has 3 aromatic carbocycles. The van der Waals surface area contributed by atoms with E-state index in [0.29, 0.717) is 24.3 Å². The quantitative estimate of drug-likeness (QED) is 0.142. The van der Waals surface area contributed by atoms with E-state index in [1.165, 1.54) is 17.8 Å². The number of methoxy groups -OCH3 is 1. The number of fused-ring (bicyclic) bond motifs is 2. The summed E-state index contributed by atoms with van der Waals surface area (Å²) >= 11 is 3.08. The van der Waals surface area contributed by atoms with Gasteiger partial charge in [0, 0.05) is 34.8 Å². The van der Waals surface area contributed by atoms with Crippen LogP contribution in [-0.2, 0) is 27.4 Å². The summed E-state index contributed by atoms with van der Waals surface area (Å²) in [6.45, 7) is 2.70. The summed E-state index contributed by atoms with van der Waals surface area (Å²) in [5.41, 5.74) is 3.78. The third kappa shape index (κ3) is 6.81. The molecule has 4 aromatic rings. The molecule has 1 amide bonds. The van der Waals surface area contributed by atoms with Gasteiger partial charge in [-0.05, 0) is 59.5 Å². The molecule has 1 aromatic heterocycles. The van der Waals surface area contributed by atoms with Gasteiger partial charge in [-0.3, -0.25) is 9.59 Å². The van der Waals surface area contributed by atoms with Crippen molar-refractivity contribution in [3.8, 4) is 5.75 Å². The highest BCUT2D eigenvalue weighted by molar-refractivity contribution is 8.02. The fourth-order valence-corrected chi connectivity index (χ4v) is 7.77. The van der Waals surface area contributed by atoms with E-state index in [9.17, 15) is 14.4 Å². The smallest absolute Gasteiger partial charge is 0.336 e. The zero-order valence-corrected chi connectivity index (χ0v) is 26.0. The van der Waals surface area contributed by atoms with E-state index in [4.69, 9.17) is 13.9 Å². The Bertz CT molecular complexity index is 1760. The predicted molar refractivity (Wildman–Crippen MR) is 173 cm³/mol. The molecule has 0 aliphatic carbocycles. The molecule has 0 radical (unpaired) electrons. The largest absolute Gasteiger partial charge is 0.497 e. The molecule has 8 nitrogen and oxygen atoms in total. The molecule has 226 valence electrons. The van der Waals surface area contributed by atoms with Gasteiger partial charge < -0.3 is 24.1 Å². The maximum atomic E-state index is 13.5. The molecular formula is C34H32N2O6S2. The molecule has 44 heavy (non-hydrogen) atoms. The topological polar surface area (TPSA) is 98.1 Å². The number of esters is 1. The molecule has 3 atom stereocenters. The summed E-state index contributed by atoms with van der Waals surface area (Å²) in [4.78, 5) is 41.3. The Balaban J connectivity index is 1.16. The van der Waals surface area contributed by atoms with E-state index in [-0.39, 0.29) is 35.5 Å². The number of hydrogen-bond acceptors (Lipinski definition) is 9. The van der Waals surface area contributed by atoms with Gasteiger partial charge in [0.15, 0.2) is 0 Å². The third-order valence-corrected chi connectivity index (χ3v) is 10.4. The maximum Gasteiger partial charge on any atom is 0.336 e. The van der Waals surface area contributed by atoms with Crippen molar-refractivity contribution < 1.29 is 23.5 Å². The fraction of sp³-hybridized carbons (Fsp3) is 0.265. The van der Waals surface area contributed by atoms with Crippen LogP contribution in [0.5, 0.6) is 5.75 Å². The number of carbonyl (C=O) groups excluding carboxylic acids is 2. The number of nitrogens with zero attached hydrogens (tertiary/aromatic N) is 1. The van der Waals surface area contributed by atoms with Gasteiger partial charge in [-0.25, -0.2) is 4.79 Å². The van der Waals surface area contributed by atoms with Crippen LogP contribution in [0.25, 0.3) is 11.0 Å². The van der Waals surface area contributed by atoms with E-state index < -0.39 is 5.25 Å². The van der Waals surface area contributed by atoms with Gasteiger partial charge in [0.2, 0.25) is 5.91 Å². The second-order valence-electron chi connectivity index (χ2n) is 10.8. The van der Waals surface area contributed by atoms with Crippen LogP contribution >= 0.6 is 23.5 Å². The highest BCUT2D eigenvalue weighted by atomic mass is 32.2. The number of carbonyl (C=O) groups is 2. The Morgan fingerprint density at radius 1 is 1.05 bits per heavy atom. The van der Waals surface area contributed by atoms with Crippen LogP contribution in [0.1, 0.15) is 16.7 Å². The Morgan fingerprint density at radius 2 is 1.84 bits per heavy atom. The SMILES string of the molecule is COc1ccc(COC(=O)C2S[C@@H]3[C@H](NC(=O)Cc4ccccc4)CN3C=C2CSc2ccc3c(C)cc(=O)oc3c2)cc1. The first-order valence-electron chi connectivity index (χ1n) is 14.3. The van der Waals surface area contributed by atoms with Crippen molar-refractivity contribution in [2.45, 2.75) is 41.5 Å². The zero-order valence-electron chi connectivity index (χ0n) is 24.4. The Morgan fingerprint density at radius 3 is 2.61 bits per heavy atom. The standard InChI is InChI=1S/C34H32N2O6S2/c1-21-14-31(38)42-29-16-26(12-13-27(21)29)43-20-24-17-36-18-28(35-30(37)15-22-6-4-3-5-7-22)33(36)44-32(24)34(39)41-19-23-8-10-25(40-2)11-9-23/h3-14,16-17,28,32-33H,15,18-20H2,1-2H3,(H,35,37)/t28-,32?,33-/m1/s1. The number of amides is 1. The normalized spacial score (nSPS) is 19.0. The maximum absolute atomic E-state index is 13.5. The number of ether oxygens (including phenoxy) is 2. The van der Waals surface area contributed by atoms with Crippen LogP contribution in [0.15, 0.2) is 105 Å². The average molecular weight is 629 g/mol. The minimum atomic E-state index is -0.531. The highest BCUT2D eigenvalue weighted by Gasteiger charge is 2.46. The highest BCUT2D eigenvalue weighted by Crippen LogP contribution is 2.42. The predicted octanol–water partition coefficient (Wildman–Crippen LogP) is 5.31. The molecule has 1 N–H and O–H groups in total. The second kappa shape index (κ2) is 13.2. The Labute approximate surface area is 263 Å². The van der Waals surface area contributed by atoms with Gasteiger partial charge in [0.25, 0.3) is 0 Å². The first-order valence-corrected chi connectivity index (χ1v) is 16.2. The lowest BCUT2D eigenvalue weighted by atomic mass is 10.1. The molecular weight excluding hydrogens is 597 g/mol. The molecule has 0 bridgehead atoms. The first kappa shape index (κ1) is 29.9. The fourth-order valence-electron chi connectivity index (χ4n) is 5.31. The van der Waals surface area contributed by atoms with Gasteiger partial charge in [0.1, 0.15) is 23.2 Å². The number of hydrogen-bond donors (Lipinski definition) is 1. The van der Waals surface area contributed by atoms with Crippen molar-refractivity contribution >= 4 is 46.4 Å². The van der Waals surface area contributed by atoms with Crippen LogP contribution < -0.4 is 15.7 Å². The summed E-state index contributed by atoms with van der Waals surface area (Å²) in [5.74, 6) is 0.923. The summed E-state index contributed by atoms with van der Waals surface area (Å²) < 4.78 is 16.5. The lowest BCUT2D eigenvalue weighted by Crippen LogP contribution is -2.65. The van der Waals surface area contributed by atoms with E-state index in [1.807, 2.05) is 85.9 Å². The van der Waals surface area contributed by atoms with Crippen molar-refractivity contribution in [2.75, 3.05) is 19.4 Å². The van der Waals surface area contributed by atoms with Crippen molar-refractivity contribution in [1.82, 2.24) is 10.2 Å². The van der Waals surface area contributed by atoms with Gasteiger partial charge in [-0.2, -0.15) is 0 Å². The van der Waals surface area contributed by atoms with E-state index >= 15 is 0 Å². The first-order chi connectivity index (χ1) is 21.4. The van der Waals surface area contributed by atoms with Crippen molar-refractivity contribution in [1.29, 1.82) is 0 Å². The summed E-state index contributed by atoms with van der Waals surface area (Å²) in [6.07, 6.45) is 2.35. The summed E-state index contributed by atoms with van der Waals surface area (Å²) in [6, 6.07) is 24.3. The minimum absolute atomic E-state index is 0.0383. The number of rotatable bonds is 10. The number of thioether (sulfide) groups is 2. The molecule has 3 heterocycles. The van der Waals surface area contributed by atoms with Crippen LogP contribution in [0, 0.1) is 6.92 Å². The summed E-state index contributed by atoms with van der Waals surface area (Å²) in [5, 5.41) is 3.45. The molecule has 1 saturated heterocycles. The number of aryl methyl sites for hydroxylation is 1.